The second-order valence-corrected chi connectivity index (χ2v) is 5.61. The van der Waals surface area contributed by atoms with Gasteiger partial charge in [-0.1, -0.05) is 12.2 Å². The summed E-state index contributed by atoms with van der Waals surface area (Å²) in [5, 5.41) is 9.46. The molecule has 0 amide bonds. The Balaban J connectivity index is 3.44. The second-order valence-electron chi connectivity index (χ2n) is 5.17. The minimum Gasteiger partial charge on any atom is -0.394 e. The number of aliphatic hydroxyl groups is 1. The Hall–Kier alpha value is -1.20. The highest BCUT2D eigenvalue weighted by Crippen LogP contribution is 2.26. The lowest BCUT2D eigenvalue weighted by atomic mass is 10.0. The van der Waals surface area contributed by atoms with Gasteiger partial charge in [-0.3, -0.25) is 0 Å². The number of anilines is 1. The van der Waals surface area contributed by atoms with Crippen molar-refractivity contribution in [3.8, 4) is 0 Å². The zero-order valence-electron chi connectivity index (χ0n) is 11.6. The van der Waals surface area contributed by atoms with Gasteiger partial charge >= 0.3 is 0 Å². The third-order valence-electron chi connectivity index (χ3n) is 3.18. The smallest absolute Gasteiger partial charge is 0.139 e. The van der Waals surface area contributed by atoms with E-state index in [1.807, 2.05) is 45.7 Å². The van der Waals surface area contributed by atoms with E-state index in [0.717, 1.165) is 22.6 Å². The summed E-state index contributed by atoms with van der Waals surface area (Å²) < 4.78 is 0. The number of aliphatic hydroxyl groups excluding tert-OH is 1. The third kappa shape index (κ3) is 2.79. The van der Waals surface area contributed by atoms with Crippen molar-refractivity contribution < 1.29 is 5.11 Å². The summed E-state index contributed by atoms with van der Waals surface area (Å²) in [5.74, 6) is 0.721. The highest BCUT2D eigenvalue weighted by Gasteiger charge is 2.27. The molecule has 0 saturated carbocycles. The van der Waals surface area contributed by atoms with Gasteiger partial charge in [0.05, 0.1) is 17.7 Å². The first-order valence-electron chi connectivity index (χ1n) is 5.83. The van der Waals surface area contributed by atoms with Crippen LogP contribution in [0, 0.1) is 13.8 Å². The highest BCUT2D eigenvalue weighted by atomic mass is 32.1. The quantitative estimate of drug-likeness (QED) is 0.810. The fourth-order valence-corrected chi connectivity index (χ4v) is 2.01. The number of rotatable bonds is 4. The van der Waals surface area contributed by atoms with Crippen LogP contribution >= 0.6 is 12.2 Å². The van der Waals surface area contributed by atoms with Crippen LogP contribution in [0.4, 0.5) is 5.82 Å². The van der Waals surface area contributed by atoms with Gasteiger partial charge in [-0.15, -0.1) is 0 Å². The van der Waals surface area contributed by atoms with Gasteiger partial charge in [-0.25, -0.2) is 4.98 Å². The Morgan fingerprint density at radius 2 is 2.06 bits per heavy atom. The lowest BCUT2D eigenvalue weighted by molar-refractivity contribution is 0.215. The van der Waals surface area contributed by atoms with Crippen molar-refractivity contribution in [3.63, 3.8) is 0 Å². The molecule has 0 bridgehead atoms. The van der Waals surface area contributed by atoms with E-state index in [1.165, 1.54) is 0 Å². The number of nitrogens with zero attached hydrogens (tertiary/aromatic N) is 2. The summed E-state index contributed by atoms with van der Waals surface area (Å²) in [4.78, 5) is 6.76. The first kappa shape index (κ1) is 14.9. The number of hydrogen-bond donors (Lipinski definition) is 2. The van der Waals surface area contributed by atoms with E-state index < -0.39 is 5.54 Å². The molecule has 0 aliphatic rings. The molecule has 0 aliphatic heterocycles. The minimum atomic E-state index is -0.424. The van der Waals surface area contributed by atoms with E-state index >= 15 is 0 Å². The molecule has 5 heteroatoms. The summed E-state index contributed by atoms with van der Waals surface area (Å²) >= 11 is 5.11. The second kappa shape index (κ2) is 5.20. The molecule has 1 heterocycles. The summed E-state index contributed by atoms with van der Waals surface area (Å²) in [6.45, 7) is 7.80. The molecule has 1 aromatic heterocycles. The highest BCUT2D eigenvalue weighted by molar-refractivity contribution is 7.80. The van der Waals surface area contributed by atoms with Crippen LogP contribution in [0.5, 0.6) is 0 Å². The van der Waals surface area contributed by atoms with Crippen molar-refractivity contribution in [2.75, 3.05) is 18.6 Å². The summed E-state index contributed by atoms with van der Waals surface area (Å²) in [6.07, 6.45) is 0. The predicted molar refractivity (Wildman–Crippen MR) is 79.2 cm³/mol. The number of thiocarbonyl (C=S) groups is 1. The Morgan fingerprint density at radius 1 is 1.50 bits per heavy atom. The van der Waals surface area contributed by atoms with Crippen molar-refractivity contribution in [2.24, 2.45) is 5.73 Å². The lowest BCUT2D eigenvalue weighted by Gasteiger charge is -2.36. The molecule has 0 aromatic carbocycles. The van der Waals surface area contributed by atoms with Crippen LogP contribution in [-0.2, 0) is 0 Å². The maximum absolute atomic E-state index is 9.46. The number of pyridine rings is 1. The van der Waals surface area contributed by atoms with Crippen LogP contribution < -0.4 is 10.6 Å². The van der Waals surface area contributed by atoms with Crippen molar-refractivity contribution in [1.82, 2.24) is 4.98 Å². The Bertz CT molecular complexity index is 472. The van der Waals surface area contributed by atoms with Gasteiger partial charge < -0.3 is 15.7 Å². The van der Waals surface area contributed by atoms with Crippen LogP contribution in [0.15, 0.2) is 6.07 Å². The molecule has 4 nitrogen and oxygen atoms in total. The molecular weight excluding hydrogens is 246 g/mol. The molecule has 0 radical (unpaired) electrons. The molecule has 0 saturated heterocycles. The van der Waals surface area contributed by atoms with Crippen molar-refractivity contribution in [2.45, 2.75) is 33.2 Å². The van der Waals surface area contributed by atoms with Crippen LogP contribution in [0.3, 0.4) is 0 Å². The zero-order chi connectivity index (χ0) is 14.1. The Labute approximate surface area is 114 Å². The molecule has 0 spiro atoms. The molecule has 3 N–H and O–H groups in total. The van der Waals surface area contributed by atoms with E-state index in [1.54, 1.807) is 0 Å². The van der Waals surface area contributed by atoms with Crippen LogP contribution in [-0.4, -0.2) is 34.3 Å². The molecular formula is C13H21N3OS. The van der Waals surface area contributed by atoms with E-state index in [4.69, 9.17) is 18.0 Å². The fourth-order valence-electron chi connectivity index (χ4n) is 1.76. The number of hydrogen-bond acceptors (Lipinski definition) is 4. The Morgan fingerprint density at radius 3 is 2.50 bits per heavy atom. The van der Waals surface area contributed by atoms with E-state index in [9.17, 15) is 5.11 Å². The first-order chi connectivity index (χ1) is 8.20. The maximum atomic E-state index is 9.46. The van der Waals surface area contributed by atoms with Gasteiger partial charge in [0, 0.05) is 12.7 Å². The monoisotopic (exact) mass is 267 g/mol. The van der Waals surface area contributed by atoms with Gasteiger partial charge in [0.25, 0.3) is 0 Å². The normalized spacial score (nSPS) is 11.4. The van der Waals surface area contributed by atoms with Crippen LogP contribution in [0.2, 0.25) is 0 Å². The average molecular weight is 267 g/mol. The van der Waals surface area contributed by atoms with Gasteiger partial charge in [-0.05, 0) is 39.3 Å². The van der Waals surface area contributed by atoms with Gasteiger partial charge in [0.1, 0.15) is 10.8 Å². The summed E-state index contributed by atoms with van der Waals surface area (Å²) in [6, 6.07) is 1.96. The molecule has 0 unspecified atom stereocenters. The fraction of sp³-hybridized carbons (Fsp3) is 0.538. The lowest BCUT2D eigenvalue weighted by Crippen LogP contribution is -2.45. The maximum Gasteiger partial charge on any atom is 0.139 e. The van der Waals surface area contributed by atoms with E-state index in [0.29, 0.717) is 4.99 Å². The number of aryl methyl sites for hydroxylation is 2. The van der Waals surface area contributed by atoms with Crippen molar-refractivity contribution in [1.29, 1.82) is 0 Å². The van der Waals surface area contributed by atoms with E-state index in [2.05, 4.69) is 4.98 Å². The van der Waals surface area contributed by atoms with Gasteiger partial charge in [0.15, 0.2) is 0 Å². The topological polar surface area (TPSA) is 62.4 Å². The molecule has 0 fully saturated rings. The third-order valence-corrected chi connectivity index (χ3v) is 3.39. The molecule has 0 aliphatic carbocycles. The summed E-state index contributed by atoms with van der Waals surface area (Å²) in [5.41, 5.74) is 8.05. The standard InChI is InChI=1S/C13H21N3OS/c1-8-6-9(2)15-12(10(8)11(14)18)16(5)13(3,4)7-17/h6,17H,7H2,1-5H3,(H2,14,18). The van der Waals surface area contributed by atoms with Crippen molar-refractivity contribution >= 4 is 23.0 Å². The predicted octanol–water partition coefficient (Wildman–Crippen LogP) is 1.54. The average Bonchev–Trinajstić information content (AvgIpc) is 2.26. The van der Waals surface area contributed by atoms with E-state index in [-0.39, 0.29) is 6.61 Å². The molecule has 18 heavy (non-hydrogen) atoms. The number of aromatic nitrogens is 1. The van der Waals surface area contributed by atoms with Gasteiger partial charge in [0.2, 0.25) is 0 Å². The molecule has 100 valence electrons. The SMILES string of the molecule is Cc1cc(C)c(C(N)=S)c(N(C)C(C)(C)CO)n1. The number of likely N-dealkylation sites (N-methyl/N-ethyl adjacent to an activating group) is 1. The first-order valence-corrected chi connectivity index (χ1v) is 6.24. The van der Waals surface area contributed by atoms with Crippen LogP contribution in [0.1, 0.15) is 30.7 Å². The van der Waals surface area contributed by atoms with Gasteiger partial charge in [-0.2, -0.15) is 0 Å². The van der Waals surface area contributed by atoms with Crippen molar-refractivity contribution in [3.05, 3.63) is 22.9 Å². The molecule has 1 rings (SSSR count). The minimum absolute atomic E-state index is 0.0228. The molecule has 1 aromatic rings. The zero-order valence-corrected chi connectivity index (χ0v) is 12.4. The Kier molecular flexibility index (Phi) is 4.29. The van der Waals surface area contributed by atoms with Crippen LogP contribution in [0.25, 0.3) is 0 Å². The number of nitrogens with two attached hydrogens (primary N) is 1. The summed E-state index contributed by atoms with van der Waals surface area (Å²) in [7, 11) is 1.89. The largest absolute Gasteiger partial charge is 0.394 e. The molecule has 0 atom stereocenters.